The first-order valence-corrected chi connectivity index (χ1v) is 9.02. The van der Waals surface area contributed by atoms with Gasteiger partial charge in [-0.2, -0.15) is 0 Å². The number of carbonyl (C=O) groups is 1. The molecule has 3 nitrogen and oxygen atoms in total. The number of hydrogen-bond donors (Lipinski definition) is 0. The van der Waals surface area contributed by atoms with Crippen LogP contribution in [0.15, 0.2) is 65.6 Å². The summed E-state index contributed by atoms with van der Waals surface area (Å²) in [6, 6.07) is 20.6. The molecule has 3 rings (SSSR count). The van der Waals surface area contributed by atoms with Crippen molar-refractivity contribution < 1.29 is 4.79 Å². The number of carbonyl (C=O) groups excluding carboxylic acids is 1. The molecule has 0 aromatic heterocycles. The first-order valence-electron chi connectivity index (χ1n) is 8.03. The molecule has 0 saturated carbocycles. The number of thioether (sulfide) groups is 1. The third-order valence-corrected chi connectivity index (χ3v) is 5.08. The molecular formula is C19H22N2OS. The molecule has 0 radical (unpaired) electrons. The van der Waals surface area contributed by atoms with Gasteiger partial charge in [-0.3, -0.25) is 9.69 Å². The lowest BCUT2D eigenvalue weighted by molar-refractivity contribution is -0.130. The molecule has 1 saturated heterocycles. The molecule has 0 bridgehead atoms. The highest BCUT2D eigenvalue weighted by Crippen LogP contribution is 2.18. The molecule has 0 unspecified atom stereocenters. The molecule has 0 aliphatic carbocycles. The quantitative estimate of drug-likeness (QED) is 0.789. The highest BCUT2D eigenvalue weighted by Gasteiger charge is 2.20. The monoisotopic (exact) mass is 326 g/mol. The van der Waals surface area contributed by atoms with Gasteiger partial charge in [0.15, 0.2) is 0 Å². The maximum atomic E-state index is 12.3. The summed E-state index contributed by atoms with van der Waals surface area (Å²) in [6.07, 6.45) is 0. The summed E-state index contributed by atoms with van der Waals surface area (Å²) in [4.78, 5) is 17.9. The molecule has 1 aliphatic heterocycles. The van der Waals surface area contributed by atoms with Crippen LogP contribution in [0, 0.1) is 0 Å². The van der Waals surface area contributed by atoms with Gasteiger partial charge in [-0.25, -0.2) is 0 Å². The number of nitrogens with zero attached hydrogens (tertiary/aromatic N) is 2. The Morgan fingerprint density at radius 2 is 1.48 bits per heavy atom. The molecule has 0 spiro atoms. The summed E-state index contributed by atoms with van der Waals surface area (Å²) in [5.41, 5.74) is 1.34. The molecule has 0 N–H and O–H groups in total. The van der Waals surface area contributed by atoms with Crippen molar-refractivity contribution in [3.63, 3.8) is 0 Å². The Morgan fingerprint density at radius 3 is 2.13 bits per heavy atom. The fraction of sp³-hybridized carbons (Fsp3) is 0.316. The second-order valence-electron chi connectivity index (χ2n) is 5.74. The van der Waals surface area contributed by atoms with Crippen molar-refractivity contribution >= 4 is 17.7 Å². The van der Waals surface area contributed by atoms with Gasteiger partial charge in [0.05, 0.1) is 5.75 Å². The molecule has 0 atom stereocenters. The summed E-state index contributed by atoms with van der Waals surface area (Å²) in [5.74, 6) is 0.779. The van der Waals surface area contributed by atoms with Gasteiger partial charge in [-0.1, -0.05) is 48.5 Å². The van der Waals surface area contributed by atoms with Crippen LogP contribution in [0.25, 0.3) is 0 Å². The summed E-state index contributed by atoms with van der Waals surface area (Å²) < 4.78 is 0. The maximum Gasteiger partial charge on any atom is 0.233 e. The lowest BCUT2D eigenvalue weighted by Crippen LogP contribution is -2.48. The number of amides is 1. The van der Waals surface area contributed by atoms with Crippen LogP contribution in [0.4, 0.5) is 0 Å². The van der Waals surface area contributed by atoms with Gasteiger partial charge in [0.2, 0.25) is 5.91 Å². The predicted octanol–water partition coefficient (Wildman–Crippen LogP) is 3.12. The Balaban J connectivity index is 1.42. The Hall–Kier alpha value is -1.78. The number of benzene rings is 2. The number of piperazine rings is 1. The van der Waals surface area contributed by atoms with Crippen LogP contribution in [0.3, 0.4) is 0 Å². The standard InChI is InChI=1S/C19H22N2OS/c22-19(16-23-18-9-5-2-6-10-18)21-13-11-20(12-14-21)15-17-7-3-1-4-8-17/h1-10H,11-16H2. The van der Waals surface area contributed by atoms with Gasteiger partial charge < -0.3 is 4.90 Å². The Labute approximate surface area is 142 Å². The molecule has 1 fully saturated rings. The molecule has 1 amide bonds. The first kappa shape index (κ1) is 16.1. The highest BCUT2D eigenvalue weighted by molar-refractivity contribution is 8.00. The lowest BCUT2D eigenvalue weighted by atomic mass is 10.2. The highest BCUT2D eigenvalue weighted by atomic mass is 32.2. The van der Waals surface area contributed by atoms with Gasteiger partial charge in [-0.15, -0.1) is 11.8 Å². The summed E-state index contributed by atoms with van der Waals surface area (Å²) in [7, 11) is 0. The summed E-state index contributed by atoms with van der Waals surface area (Å²) in [6.45, 7) is 4.55. The van der Waals surface area contributed by atoms with Gasteiger partial charge in [0.1, 0.15) is 0 Å². The van der Waals surface area contributed by atoms with Crippen LogP contribution in [-0.4, -0.2) is 47.6 Å². The van der Waals surface area contributed by atoms with Crippen LogP contribution in [0.5, 0.6) is 0 Å². The Bertz CT molecular complexity index is 610. The zero-order valence-electron chi connectivity index (χ0n) is 13.2. The van der Waals surface area contributed by atoms with Gasteiger partial charge in [-0.05, 0) is 17.7 Å². The second-order valence-corrected chi connectivity index (χ2v) is 6.79. The SMILES string of the molecule is O=C(CSc1ccccc1)N1CCN(Cc2ccccc2)CC1. The fourth-order valence-corrected chi connectivity index (χ4v) is 3.57. The van der Waals surface area contributed by atoms with Crippen LogP contribution in [-0.2, 0) is 11.3 Å². The average molecular weight is 326 g/mol. The van der Waals surface area contributed by atoms with Crippen LogP contribution in [0.1, 0.15) is 5.56 Å². The average Bonchev–Trinajstić information content (AvgIpc) is 2.62. The van der Waals surface area contributed by atoms with Crippen molar-refractivity contribution in [1.82, 2.24) is 9.80 Å². The van der Waals surface area contributed by atoms with Crippen molar-refractivity contribution in [2.24, 2.45) is 0 Å². The van der Waals surface area contributed by atoms with E-state index in [-0.39, 0.29) is 5.91 Å². The Morgan fingerprint density at radius 1 is 0.870 bits per heavy atom. The predicted molar refractivity (Wildman–Crippen MR) is 95.5 cm³/mol. The third-order valence-electron chi connectivity index (χ3n) is 4.08. The number of rotatable bonds is 5. The van der Waals surface area contributed by atoms with E-state index in [1.54, 1.807) is 11.8 Å². The van der Waals surface area contributed by atoms with Crippen LogP contribution < -0.4 is 0 Å². The minimum absolute atomic E-state index is 0.248. The van der Waals surface area contributed by atoms with E-state index in [1.807, 2.05) is 29.2 Å². The van der Waals surface area contributed by atoms with Crippen LogP contribution in [0.2, 0.25) is 0 Å². The zero-order chi connectivity index (χ0) is 15.9. The van der Waals surface area contributed by atoms with E-state index >= 15 is 0 Å². The normalized spacial score (nSPS) is 15.6. The molecular weight excluding hydrogens is 304 g/mol. The number of hydrogen-bond acceptors (Lipinski definition) is 3. The van der Waals surface area contributed by atoms with Crippen molar-refractivity contribution in [3.05, 3.63) is 66.2 Å². The lowest BCUT2D eigenvalue weighted by Gasteiger charge is -2.34. The molecule has 2 aromatic carbocycles. The third kappa shape index (κ3) is 4.85. The second kappa shape index (κ2) is 8.18. The van der Waals surface area contributed by atoms with Crippen molar-refractivity contribution in [2.75, 3.05) is 31.9 Å². The molecule has 1 heterocycles. The smallest absolute Gasteiger partial charge is 0.233 e. The van der Waals surface area contributed by atoms with E-state index in [2.05, 4.69) is 41.3 Å². The molecule has 23 heavy (non-hydrogen) atoms. The minimum atomic E-state index is 0.248. The van der Waals surface area contributed by atoms with E-state index < -0.39 is 0 Å². The van der Waals surface area contributed by atoms with Crippen LogP contribution >= 0.6 is 11.8 Å². The summed E-state index contributed by atoms with van der Waals surface area (Å²) in [5, 5.41) is 0. The zero-order valence-corrected chi connectivity index (χ0v) is 14.0. The van der Waals surface area contributed by atoms with Gasteiger partial charge in [0, 0.05) is 37.6 Å². The molecule has 120 valence electrons. The topological polar surface area (TPSA) is 23.6 Å². The van der Waals surface area contributed by atoms with E-state index in [0.717, 1.165) is 37.6 Å². The minimum Gasteiger partial charge on any atom is -0.339 e. The molecule has 1 aliphatic rings. The van der Waals surface area contributed by atoms with Gasteiger partial charge >= 0.3 is 0 Å². The van der Waals surface area contributed by atoms with Crippen molar-refractivity contribution in [3.8, 4) is 0 Å². The summed E-state index contributed by atoms with van der Waals surface area (Å²) >= 11 is 1.62. The van der Waals surface area contributed by atoms with E-state index in [1.165, 1.54) is 5.56 Å². The van der Waals surface area contributed by atoms with E-state index in [0.29, 0.717) is 5.75 Å². The largest absolute Gasteiger partial charge is 0.339 e. The molecule has 4 heteroatoms. The van der Waals surface area contributed by atoms with Crippen molar-refractivity contribution in [1.29, 1.82) is 0 Å². The van der Waals surface area contributed by atoms with E-state index in [4.69, 9.17) is 0 Å². The fourth-order valence-electron chi connectivity index (χ4n) is 2.75. The first-order chi connectivity index (χ1) is 11.3. The van der Waals surface area contributed by atoms with Gasteiger partial charge in [0.25, 0.3) is 0 Å². The maximum absolute atomic E-state index is 12.3. The van der Waals surface area contributed by atoms with Crippen molar-refractivity contribution in [2.45, 2.75) is 11.4 Å². The van der Waals surface area contributed by atoms with E-state index in [9.17, 15) is 4.79 Å². The molecule has 2 aromatic rings. The Kier molecular flexibility index (Phi) is 5.72.